The number of nitrogens with zero attached hydrogens (tertiary/aromatic N) is 1. The largest absolute Gasteiger partial charge is 0.497 e. The molecule has 2 heterocycles. The summed E-state index contributed by atoms with van der Waals surface area (Å²) in [5, 5.41) is 0. The average Bonchev–Trinajstić information content (AvgIpc) is 2.93. The lowest BCUT2D eigenvalue weighted by atomic mass is 10.0. The Hall–Kier alpha value is -1.77. The van der Waals surface area contributed by atoms with Gasteiger partial charge in [0.2, 0.25) is 0 Å². The molecule has 2 aliphatic rings. The predicted molar refractivity (Wildman–Crippen MR) is 65.7 cm³/mol. The lowest BCUT2D eigenvalue weighted by Gasteiger charge is -2.14. The summed E-state index contributed by atoms with van der Waals surface area (Å²) >= 11 is 0. The number of fused-ring (bicyclic) bond motifs is 1. The molecule has 0 N–H and O–H groups in total. The van der Waals surface area contributed by atoms with E-state index in [9.17, 15) is 4.79 Å². The van der Waals surface area contributed by atoms with Crippen LogP contribution in [0.4, 0.5) is 0 Å². The Morgan fingerprint density at radius 1 is 1.29 bits per heavy atom. The van der Waals surface area contributed by atoms with E-state index in [1.807, 2.05) is 29.2 Å². The molecule has 2 aliphatic heterocycles. The number of rotatable bonds is 2. The highest BCUT2D eigenvalue weighted by Gasteiger charge is 2.35. The average molecular weight is 229 g/mol. The van der Waals surface area contributed by atoms with Crippen LogP contribution in [0, 0.1) is 0 Å². The van der Waals surface area contributed by atoms with Gasteiger partial charge in [0.1, 0.15) is 5.75 Å². The second-order valence-corrected chi connectivity index (χ2v) is 4.52. The number of benzene rings is 1. The smallest absolute Gasteiger partial charge is 0.254 e. The molecule has 1 atom stereocenters. The number of methoxy groups -OCH3 is 1. The number of amides is 1. The quantitative estimate of drug-likeness (QED) is 0.777. The van der Waals surface area contributed by atoms with Crippen molar-refractivity contribution in [3.8, 4) is 5.75 Å². The van der Waals surface area contributed by atoms with Gasteiger partial charge in [-0.3, -0.25) is 4.79 Å². The third-order valence-electron chi connectivity index (χ3n) is 3.55. The molecule has 1 unspecified atom stereocenters. The second-order valence-electron chi connectivity index (χ2n) is 4.52. The first-order valence-electron chi connectivity index (χ1n) is 5.97. The Bertz CT molecular complexity index is 476. The van der Waals surface area contributed by atoms with Crippen LogP contribution in [-0.4, -0.2) is 30.5 Å². The second kappa shape index (κ2) is 3.91. The van der Waals surface area contributed by atoms with E-state index < -0.39 is 0 Å². The summed E-state index contributed by atoms with van der Waals surface area (Å²) < 4.78 is 5.12. The summed E-state index contributed by atoms with van der Waals surface area (Å²) in [6.07, 6.45) is 4.34. The van der Waals surface area contributed by atoms with Crippen LogP contribution in [0.1, 0.15) is 18.4 Å². The summed E-state index contributed by atoms with van der Waals surface area (Å²) in [4.78, 5) is 14.1. The molecule has 1 saturated heterocycles. The van der Waals surface area contributed by atoms with Crippen molar-refractivity contribution in [3.05, 3.63) is 35.9 Å². The van der Waals surface area contributed by atoms with Gasteiger partial charge in [0.25, 0.3) is 5.91 Å². The fourth-order valence-electron chi connectivity index (χ4n) is 2.63. The molecule has 0 bridgehead atoms. The fourth-order valence-corrected chi connectivity index (χ4v) is 2.63. The molecule has 0 aliphatic carbocycles. The van der Waals surface area contributed by atoms with Crippen LogP contribution < -0.4 is 4.74 Å². The monoisotopic (exact) mass is 229 g/mol. The van der Waals surface area contributed by atoms with E-state index in [2.05, 4.69) is 6.08 Å². The lowest BCUT2D eigenvalue weighted by molar-refractivity contribution is -0.124. The van der Waals surface area contributed by atoms with Crippen molar-refractivity contribution < 1.29 is 9.53 Å². The standard InChI is InChI=1S/C14H15NO2/c1-17-12-6-4-10(5-7-12)13-9-11-3-2-8-15(11)14(13)16/h4-7,9,11H,2-3,8H2,1H3. The van der Waals surface area contributed by atoms with Gasteiger partial charge in [0, 0.05) is 12.1 Å². The third-order valence-corrected chi connectivity index (χ3v) is 3.55. The van der Waals surface area contributed by atoms with E-state index in [1.54, 1.807) is 7.11 Å². The van der Waals surface area contributed by atoms with E-state index in [4.69, 9.17) is 4.74 Å². The minimum atomic E-state index is 0.178. The van der Waals surface area contributed by atoms with Gasteiger partial charge in [-0.05, 0) is 36.6 Å². The predicted octanol–water partition coefficient (Wildman–Crippen LogP) is 2.08. The Labute approximate surface area is 101 Å². The number of carbonyl (C=O) groups is 1. The first-order valence-corrected chi connectivity index (χ1v) is 5.97. The molecule has 0 saturated carbocycles. The molecule has 17 heavy (non-hydrogen) atoms. The highest BCUT2D eigenvalue weighted by atomic mass is 16.5. The zero-order chi connectivity index (χ0) is 11.8. The topological polar surface area (TPSA) is 29.5 Å². The van der Waals surface area contributed by atoms with Gasteiger partial charge in [-0.2, -0.15) is 0 Å². The van der Waals surface area contributed by atoms with Crippen molar-refractivity contribution in [1.29, 1.82) is 0 Å². The molecule has 88 valence electrons. The molecular weight excluding hydrogens is 214 g/mol. The first kappa shape index (κ1) is 10.4. The molecule has 0 spiro atoms. The molecule has 1 aromatic rings. The van der Waals surface area contributed by atoms with Crippen molar-refractivity contribution in [3.63, 3.8) is 0 Å². The van der Waals surface area contributed by atoms with Crippen LogP contribution in [0.3, 0.4) is 0 Å². The van der Waals surface area contributed by atoms with E-state index in [0.717, 1.165) is 36.3 Å². The Balaban J connectivity index is 1.91. The van der Waals surface area contributed by atoms with Crippen LogP contribution >= 0.6 is 0 Å². The van der Waals surface area contributed by atoms with Crippen molar-refractivity contribution in [2.45, 2.75) is 18.9 Å². The summed E-state index contributed by atoms with van der Waals surface area (Å²) in [7, 11) is 1.64. The van der Waals surface area contributed by atoms with Gasteiger partial charge in [-0.15, -0.1) is 0 Å². The molecule has 0 aromatic heterocycles. The van der Waals surface area contributed by atoms with Crippen LogP contribution in [0.25, 0.3) is 5.57 Å². The molecule has 1 amide bonds. The Morgan fingerprint density at radius 3 is 2.71 bits per heavy atom. The zero-order valence-electron chi connectivity index (χ0n) is 9.85. The minimum Gasteiger partial charge on any atom is -0.497 e. The highest BCUT2D eigenvalue weighted by molar-refractivity contribution is 6.21. The van der Waals surface area contributed by atoms with Crippen molar-refractivity contribution >= 4 is 11.5 Å². The molecule has 3 rings (SSSR count). The van der Waals surface area contributed by atoms with E-state index >= 15 is 0 Å². The van der Waals surface area contributed by atoms with E-state index in [0.29, 0.717) is 6.04 Å². The number of hydrogen-bond acceptors (Lipinski definition) is 2. The van der Waals surface area contributed by atoms with Crippen LogP contribution in [0.2, 0.25) is 0 Å². The lowest BCUT2D eigenvalue weighted by Crippen LogP contribution is -2.28. The van der Waals surface area contributed by atoms with Gasteiger partial charge < -0.3 is 9.64 Å². The zero-order valence-corrected chi connectivity index (χ0v) is 9.85. The SMILES string of the molecule is COc1ccc(C2=CC3CCCN3C2=O)cc1. The normalized spacial score (nSPS) is 22.6. The summed E-state index contributed by atoms with van der Waals surface area (Å²) in [5.74, 6) is 0.998. The fraction of sp³-hybridized carbons (Fsp3) is 0.357. The summed E-state index contributed by atoms with van der Waals surface area (Å²) in [6, 6.07) is 8.02. The summed E-state index contributed by atoms with van der Waals surface area (Å²) in [5.41, 5.74) is 1.84. The maximum Gasteiger partial charge on any atom is 0.254 e. The number of hydrogen-bond donors (Lipinski definition) is 0. The van der Waals surface area contributed by atoms with Gasteiger partial charge in [0.15, 0.2) is 0 Å². The number of ether oxygens (including phenoxy) is 1. The molecule has 3 nitrogen and oxygen atoms in total. The Morgan fingerprint density at radius 2 is 2.06 bits per heavy atom. The van der Waals surface area contributed by atoms with Crippen molar-refractivity contribution in [2.24, 2.45) is 0 Å². The molecule has 1 aromatic carbocycles. The van der Waals surface area contributed by atoms with Gasteiger partial charge in [-0.25, -0.2) is 0 Å². The molecule has 3 heteroatoms. The van der Waals surface area contributed by atoms with Gasteiger partial charge in [-0.1, -0.05) is 12.1 Å². The molecule has 0 radical (unpaired) electrons. The van der Waals surface area contributed by atoms with E-state index in [1.165, 1.54) is 0 Å². The highest BCUT2D eigenvalue weighted by Crippen LogP contribution is 2.32. The van der Waals surface area contributed by atoms with Gasteiger partial charge >= 0.3 is 0 Å². The third kappa shape index (κ3) is 1.62. The van der Waals surface area contributed by atoms with Crippen molar-refractivity contribution in [1.82, 2.24) is 4.90 Å². The van der Waals surface area contributed by atoms with Crippen LogP contribution in [0.5, 0.6) is 5.75 Å². The van der Waals surface area contributed by atoms with Gasteiger partial charge in [0.05, 0.1) is 13.2 Å². The summed E-state index contributed by atoms with van der Waals surface area (Å²) in [6.45, 7) is 0.902. The first-order chi connectivity index (χ1) is 8.29. The number of carbonyl (C=O) groups excluding carboxylic acids is 1. The Kier molecular flexibility index (Phi) is 2.39. The molecular formula is C14H15NO2. The van der Waals surface area contributed by atoms with Crippen LogP contribution in [0.15, 0.2) is 30.3 Å². The maximum atomic E-state index is 12.2. The van der Waals surface area contributed by atoms with Crippen LogP contribution in [-0.2, 0) is 4.79 Å². The molecule has 1 fully saturated rings. The van der Waals surface area contributed by atoms with E-state index in [-0.39, 0.29) is 5.91 Å². The maximum absolute atomic E-state index is 12.2. The van der Waals surface area contributed by atoms with Crippen molar-refractivity contribution in [2.75, 3.05) is 13.7 Å². The minimum absolute atomic E-state index is 0.178.